The lowest BCUT2D eigenvalue weighted by Gasteiger charge is -2.06. The molecule has 0 amide bonds. The van der Waals surface area contributed by atoms with Crippen molar-refractivity contribution in [3.8, 4) is 11.1 Å². The predicted molar refractivity (Wildman–Crippen MR) is 77.1 cm³/mol. The lowest BCUT2D eigenvalue weighted by atomic mass is 10.1. The average molecular weight is 275 g/mol. The Labute approximate surface area is 118 Å². The van der Waals surface area contributed by atoms with Gasteiger partial charge in [-0.05, 0) is 30.5 Å². The zero-order valence-electron chi connectivity index (χ0n) is 11.7. The van der Waals surface area contributed by atoms with E-state index in [0.29, 0.717) is 18.1 Å². The fourth-order valence-electron chi connectivity index (χ4n) is 1.76. The predicted octanol–water partition coefficient (Wildman–Crippen LogP) is 3.04. The van der Waals surface area contributed by atoms with E-state index in [2.05, 4.69) is 15.3 Å². The quantitative estimate of drug-likeness (QED) is 0.823. The largest absolute Gasteiger partial charge is 0.385 e. The molecule has 0 bridgehead atoms. The number of ether oxygens (including phenoxy) is 1. The van der Waals surface area contributed by atoms with Crippen LogP contribution in [0, 0.1) is 12.7 Å². The first kappa shape index (κ1) is 14.4. The van der Waals surface area contributed by atoms with Gasteiger partial charge in [0, 0.05) is 38.2 Å². The van der Waals surface area contributed by atoms with Crippen LogP contribution in [-0.2, 0) is 4.74 Å². The molecular formula is C15H18FN3O. The molecule has 20 heavy (non-hydrogen) atoms. The second kappa shape index (κ2) is 6.96. The van der Waals surface area contributed by atoms with Crippen molar-refractivity contribution in [2.75, 3.05) is 25.6 Å². The van der Waals surface area contributed by atoms with Crippen LogP contribution in [-0.4, -0.2) is 30.2 Å². The highest BCUT2D eigenvalue weighted by Gasteiger charge is 2.03. The van der Waals surface area contributed by atoms with E-state index in [4.69, 9.17) is 4.74 Å². The van der Waals surface area contributed by atoms with Crippen molar-refractivity contribution < 1.29 is 9.13 Å². The van der Waals surface area contributed by atoms with Gasteiger partial charge in [0.15, 0.2) is 0 Å². The SMILES string of the molecule is COCCCNc1ncc(-c2ccc(C)c(F)c2)cn1. The molecule has 2 aromatic rings. The Balaban J connectivity index is 2.02. The molecule has 0 atom stereocenters. The number of benzene rings is 1. The molecule has 0 aliphatic carbocycles. The van der Waals surface area contributed by atoms with Gasteiger partial charge < -0.3 is 10.1 Å². The van der Waals surface area contributed by atoms with E-state index in [1.165, 1.54) is 6.07 Å². The van der Waals surface area contributed by atoms with Gasteiger partial charge in [-0.3, -0.25) is 0 Å². The number of anilines is 1. The smallest absolute Gasteiger partial charge is 0.222 e. The molecule has 0 spiro atoms. The van der Waals surface area contributed by atoms with Crippen LogP contribution in [0.25, 0.3) is 11.1 Å². The number of aromatic nitrogens is 2. The minimum Gasteiger partial charge on any atom is -0.385 e. The van der Waals surface area contributed by atoms with Crippen LogP contribution in [0.3, 0.4) is 0 Å². The van der Waals surface area contributed by atoms with Gasteiger partial charge in [-0.15, -0.1) is 0 Å². The number of nitrogens with zero attached hydrogens (tertiary/aromatic N) is 2. The first-order chi connectivity index (χ1) is 9.70. The Morgan fingerprint density at radius 3 is 2.60 bits per heavy atom. The first-order valence-electron chi connectivity index (χ1n) is 6.52. The molecule has 0 unspecified atom stereocenters. The van der Waals surface area contributed by atoms with Crippen molar-refractivity contribution in [2.45, 2.75) is 13.3 Å². The first-order valence-corrected chi connectivity index (χ1v) is 6.52. The zero-order valence-corrected chi connectivity index (χ0v) is 11.7. The van der Waals surface area contributed by atoms with Crippen molar-refractivity contribution in [3.05, 3.63) is 42.0 Å². The molecule has 1 aromatic carbocycles. The molecule has 0 saturated heterocycles. The summed E-state index contributed by atoms with van der Waals surface area (Å²) in [7, 11) is 1.67. The summed E-state index contributed by atoms with van der Waals surface area (Å²) in [5.74, 6) is 0.349. The van der Waals surface area contributed by atoms with Crippen molar-refractivity contribution in [1.29, 1.82) is 0 Å². The minimum absolute atomic E-state index is 0.218. The van der Waals surface area contributed by atoms with Gasteiger partial charge in [-0.25, -0.2) is 14.4 Å². The molecule has 0 fully saturated rings. The lowest BCUT2D eigenvalue weighted by Crippen LogP contribution is -2.07. The van der Waals surface area contributed by atoms with Crippen LogP contribution < -0.4 is 5.32 Å². The maximum Gasteiger partial charge on any atom is 0.222 e. The van der Waals surface area contributed by atoms with Crippen LogP contribution in [0.4, 0.5) is 10.3 Å². The lowest BCUT2D eigenvalue weighted by molar-refractivity contribution is 0.197. The molecule has 1 N–H and O–H groups in total. The summed E-state index contributed by atoms with van der Waals surface area (Å²) in [6.07, 6.45) is 4.27. The fourth-order valence-corrected chi connectivity index (χ4v) is 1.76. The highest BCUT2D eigenvalue weighted by atomic mass is 19.1. The van der Waals surface area contributed by atoms with Crippen LogP contribution in [0.2, 0.25) is 0 Å². The molecule has 5 heteroatoms. The third kappa shape index (κ3) is 3.74. The standard InChI is InChI=1S/C15H18FN3O/c1-11-4-5-12(8-14(11)16)13-9-18-15(19-10-13)17-6-3-7-20-2/h4-5,8-10H,3,6-7H2,1-2H3,(H,17,18,19). The van der Waals surface area contributed by atoms with Gasteiger partial charge in [0.25, 0.3) is 0 Å². The normalized spacial score (nSPS) is 10.6. The van der Waals surface area contributed by atoms with E-state index >= 15 is 0 Å². The van der Waals surface area contributed by atoms with Crippen LogP contribution in [0.5, 0.6) is 0 Å². The number of nitrogens with one attached hydrogen (secondary N) is 1. The minimum atomic E-state index is -0.218. The summed E-state index contributed by atoms with van der Waals surface area (Å²) in [6.45, 7) is 3.20. The van der Waals surface area contributed by atoms with Crippen molar-refractivity contribution in [2.24, 2.45) is 0 Å². The van der Waals surface area contributed by atoms with Gasteiger partial charge in [-0.2, -0.15) is 0 Å². The molecule has 4 nitrogen and oxygen atoms in total. The molecule has 0 saturated carbocycles. The monoisotopic (exact) mass is 275 g/mol. The highest BCUT2D eigenvalue weighted by Crippen LogP contribution is 2.20. The summed E-state index contributed by atoms with van der Waals surface area (Å²) >= 11 is 0. The third-order valence-electron chi connectivity index (χ3n) is 2.97. The van der Waals surface area contributed by atoms with Gasteiger partial charge in [-0.1, -0.05) is 12.1 Å². The van der Waals surface area contributed by atoms with E-state index in [1.54, 1.807) is 32.5 Å². The molecule has 1 heterocycles. The van der Waals surface area contributed by atoms with E-state index in [0.717, 1.165) is 24.1 Å². The summed E-state index contributed by atoms with van der Waals surface area (Å²) in [5, 5.41) is 3.10. The number of halogens is 1. The van der Waals surface area contributed by atoms with Crippen LogP contribution in [0.15, 0.2) is 30.6 Å². The number of aryl methyl sites for hydroxylation is 1. The average Bonchev–Trinajstić information content (AvgIpc) is 2.47. The highest BCUT2D eigenvalue weighted by molar-refractivity contribution is 5.62. The number of methoxy groups -OCH3 is 1. The molecular weight excluding hydrogens is 257 g/mol. The van der Waals surface area contributed by atoms with Crippen molar-refractivity contribution >= 4 is 5.95 Å². The number of hydrogen-bond acceptors (Lipinski definition) is 4. The maximum atomic E-state index is 13.5. The van der Waals surface area contributed by atoms with Crippen molar-refractivity contribution in [3.63, 3.8) is 0 Å². The van der Waals surface area contributed by atoms with Gasteiger partial charge in [0.05, 0.1) is 0 Å². The molecule has 0 aliphatic rings. The van der Waals surface area contributed by atoms with Gasteiger partial charge >= 0.3 is 0 Å². The second-order valence-electron chi connectivity index (χ2n) is 4.53. The van der Waals surface area contributed by atoms with E-state index in [1.807, 2.05) is 6.07 Å². The van der Waals surface area contributed by atoms with Gasteiger partial charge in [0.1, 0.15) is 5.82 Å². The van der Waals surface area contributed by atoms with Crippen molar-refractivity contribution in [1.82, 2.24) is 9.97 Å². The van der Waals surface area contributed by atoms with Crippen LogP contribution in [0.1, 0.15) is 12.0 Å². The topological polar surface area (TPSA) is 47.0 Å². The Hall–Kier alpha value is -2.01. The molecule has 106 valence electrons. The Morgan fingerprint density at radius 1 is 1.20 bits per heavy atom. The van der Waals surface area contributed by atoms with Crippen LogP contribution >= 0.6 is 0 Å². The Morgan fingerprint density at radius 2 is 1.95 bits per heavy atom. The van der Waals surface area contributed by atoms with Gasteiger partial charge in [0.2, 0.25) is 5.95 Å². The van der Waals surface area contributed by atoms with E-state index in [9.17, 15) is 4.39 Å². The number of hydrogen-bond donors (Lipinski definition) is 1. The molecule has 0 aliphatic heterocycles. The summed E-state index contributed by atoms with van der Waals surface area (Å²) < 4.78 is 18.5. The Kier molecular flexibility index (Phi) is 5.01. The summed E-state index contributed by atoms with van der Waals surface area (Å²) in [5.41, 5.74) is 2.21. The second-order valence-corrected chi connectivity index (χ2v) is 4.53. The zero-order chi connectivity index (χ0) is 14.4. The maximum absolute atomic E-state index is 13.5. The molecule has 0 radical (unpaired) electrons. The van der Waals surface area contributed by atoms with E-state index in [-0.39, 0.29) is 5.82 Å². The summed E-state index contributed by atoms with van der Waals surface area (Å²) in [6, 6.07) is 5.12. The fraction of sp³-hybridized carbons (Fsp3) is 0.333. The third-order valence-corrected chi connectivity index (χ3v) is 2.97. The Bertz CT molecular complexity index is 558. The summed E-state index contributed by atoms with van der Waals surface area (Å²) in [4.78, 5) is 8.44. The molecule has 1 aromatic heterocycles. The van der Waals surface area contributed by atoms with E-state index < -0.39 is 0 Å². The number of rotatable bonds is 6. The molecule has 2 rings (SSSR count).